The third kappa shape index (κ3) is 6.78. The average Bonchev–Trinajstić information content (AvgIpc) is 2.39. The summed E-state index contributed by atoms with van der Waals surface area (Å²) in [6.45, 7) is 6.57. The SMILES string of the molecule is CN=C(NCCC(=O)OC(C)C)NC1CCC(C)CC1. The smallest absolute Gasteiger partial charge is 0.307 e. The van der Waals surface area contributed by atoms with Crippen molar-refractivity contribution < 1.29 is 9.53 Å². The normalized spacial score (nSPS) is 23.6. The summed E-state index contributed by atoms with van der Waals surface area (Å²) in [4.78, 5) is 15.6. The van der Waals surface area contributed by atoms with Crippen LogP contribution in [0.1, 0.15) is 52.9 Å². The van der Waals surface area contributed by atoms with E-state index in [1.54, 1.807) is 7.05 Å². The molecule has 0 saturated heterocycles. The van der Waals surface area contributed by atoms with Crippen LogP contribution >= 0.6 is 0 Å². The minimum absolute atomic E-state index is 0.0517. The van der Waals surface area contributed by atoms with E-state index in [2.05, 4.69) is 22.5 Å². The molecule has 116 valence electrons. The van der Waals surface area contributed by atoms with Crippen molar-refractivity contribution in [1.29, 1.82) is 0 Å². The van der Waals surface area contributed by atoms with Crippen LogP contribution in [0.5, 0.6) is 0 Å². The van der Waals surface area contributed by atoms with E-state index in [0.717, 1.165) is 11.9 Å². The van der Waals surface area contributed by atoms with E-state index < -0.39 is 0 Å². The third-order valence-electron chi connectivity index (χ3n) is 3.57. The lowest BCUT2D eigenvalue weighted by atomic mass is 9.87. The Balaban J connectivity index is 2.21. The molecule has 0 aromatic heterocycles. The molecule has 1 saturated carbocycles. The molecule has 0 radical (unpaired) electrons. The summed E-state index contributed by atoms with van der Waals surface area (Å²) in [7, 11) is 1.76. The number of hydrogen-bond donors (Lipinski definition) is 2. The Morgan fingerprint density at radius 3 is 2.50 bits per heavy atom. The van der Waals surface area contributed by atoms with E-state index in [1.807, 2.05) is 13.8 Å². The van der Waals surface area contributed by atoms with Crippen LogP contribution in [0.15, 0.2) is 4.99 Å². The molecule has 0 heterocycles. The first kappa shape index (κ1) is 16.8. The summed E-state index contributed by atoms with van der Waals surface area (Å²) in [6, 6.07) is 0.500. The number of carbonyl (C=O) groups excluding carboxylic acids is 1. The Kier molecular flexibility index (Phi) is 7.41. The topological polar surface area (TPSA) is 62.7 Å². The average molecular weight is 283 g/mol. The molecule has 0 unspecified atom stereocenters. The number of nitrogens with one attached hydrogen (secondary N) is 2. The molecule has 20 heavy (non-hydrogen) atoms. The molecule has 1 rings (SSSR count). The van der Waals surface area contributed by atoms with Crippen molar-refractivity contribution in [3.05, 3.63) is 0 Å². The number of hydrogen-bond acceptors (Lipinski definition) is 3. The summed E-state index contributed by atoms with van der Waals surface area (Å²) in [6.07, 6.45) is 5.24. The Morgan fingerprint density at radius 2 is 1.95 bits per heavy atom. The zero-order valence-corrected chi connectivity index (χ0v) is 13.2. The van der Waals surface area contributed by atoms with E-state index in [0.29, 0.717) is 19.0 Å². The van der Waals surface area contributed by atoms with Gasteiger partial charge in [0.05, 0.1) is 12.5 Å². The highest BCUT2D eigenvalue weighted by atomic mass is 16.5. The van der Waals surface area contributed by atoms with Crippen molar-refractivity contribution in [2.24, 2.45) is 10.9 Å². The van der Waals surface area contributed by atoms with Gasteiger partial charge in [-0.2, -0.15) is 0 Å². The van der Waals surface area contributed by atoms with Gasteiger partial charge in [0.15, 0.2) is 5.96 Å². The molecule has 0 aromatic rings. The van der Waals surface area contributed by atoms with Crippen LogP contribution < -0.4 is 10.6 Å². The van der Waals surface area contributed by atoms with E-state index in [9.17, 15) is 4.79 Å². The van der Waals surface area contributed by atoms with Crippen LogP contribution in [0, 0.1) is 5.92 Å². The Hall–Kier alpha value is -1.26. The molecule has 1 fully saturated rings. The fourth-order valence-corrected chi connectivity index (χ4v) is 2.40. The van der Waals surface area contributed by atoms with Gasteiger partial charge in [0.1, 0.15) is 0 Å². The summed E-state index contributed by atoms with van der Waals surface area (Å²) in [5.74, 6) is 1.45. The van der Waals surface area contributed by atoms with Crippen LogP contribution in [0.4, 0.5) is 0 Å². The predicted molar refractivity (Wildman–Crippen MR) is 81.8 cm³/mol. The number of rotatable bonds is 5. The van der Waals surface area contributed by atoms with Crippen molar-refractivity contribution in [3.63, 3.8) is 0 Å². The maximum absolute atomic E-state index is 11.4. The minimum atomic E-state index is -0.172. The first-order chi connectivity index (χ1) is 9.51. The standard InChI is InChI=1S/C15H29N3O2/c1-11(2)20-14(19)9-10-17-15(16-4)18-13-7-5-12(3)6-8-13/h11-13H,5-10H2,1-4H3,(H2,16,17,18). The van der Waals surface area contributed by atoms with Gasteiger partial charge >= 0.3 is 5.97 Å². The van der Waals surface area contributed by atoms with Gasteiger partial charge in [-0.1, -0.05) is 6.92 Å². The maximum atomic E-state index is 11.4. The van der Waals surface area contributed by atoms with Crippen LogP contribution in [0.25, 0.3) is 0 Å². The fourth-order valence-electron chi connectivity index (χ4n) is 2.40. The largest absolute Gasteiger partial charge is 0.463 e. The van der Waals surface area contributed by atoms with Gasteiger partial charge in [0.25, 0.3) is 0 Å². The molecular formula is C15H29N3O2. The van der Waals surface area contributed by atoms with Gasteiger partial charge in [-0.15, -0.1) is 0 Å². The van der Waals surface area contributed by atoms with Crippen LogP contribution in [-0.2, 0) is 9.53 Å². The third-order valence-corrected chi connectivity index (χ3v) is 3.57. The van der Waals surface area contributed by atoms with Gasteiger partial charge in [0.2, 0.25) is 0 Å². The molecule has 0 bridgehead atoms. The number of nitrogens with zero attached hydrogens (tertiary/aromatic N) is 1. The zero-order valence-electron chi connectivity index (χ0n) is 13.2. The van der Waals surface area contributed by atoms with Crippen molar-refractivity contribution in [3.8, 4) is 0 Å². The first-order valence-electron chi connectivity index (χ1n) is 7.68. The maximum Gasteiger partial charge on any atom is 0.307 e. The lowest BCUT2D eigenvalue weighted by Crippen LogP contribution is -2.45. The summed E-state index contributed by atoms with van der Waals surface area (Å²) >= 11 is 0. The molecule has 0 aliphatic heterocycles. The fraction of sp³-hybridized carbons (Fsp3) is 0.867. The highest BCUT2D eigenvalue weighted by Crippen LogP contribution is 2.23. The molecule has 1 aliphatic rings. The monoisotopic (exact) mass is 283 g/mol. The number of guanidine groups is 1. The van der Waals surface area contributed by atoms with Crippen LogP contribution in [-0.4, -0.2) is 37.7 Å². The van der Waals surface area contributed by atoms with Crippen LogP contribution in [0.2, 0.25) is 0 Å². The van der Waals surface area contributed by atoms with Gasteiger partial charge in [0, 0.05) is 19.6 Å². The lowest BCUT2D eigenvalue weighted by Gasteiger charge is -2.28. The summed E-state index contributed by atoms with van der Waals surface area (Å²) in [5, 5.41) is 6.60. The van der Waals surface area contributed by atoms with E-state index >= 15 is 0 Å². The molecule has 0 aromatic carbocycles. The highest BCUT2D eigenvalue weighted by molar-refractivity contribution is 5.80. The molecule has 5 heteroatoms. The second-order valence-electron chi connectivity index (χ2n) is 5.89. The minimum Gasteiger partial charge on any atom is -0.463 e. The second kappa shape index (κ2) is 8.82. The first-order valence-corrected chi connectivity index (χ1v) is 7.68. The van der Waals surface area contributed by atoms with Gasteiger partial charge in [-0.3, -0.25) is 9.79 Å². The van der Waals surface area contributed by atoms with Gasteiger partial charge in [-0.25, -0.2) is 0 Å². The molecule has 5 nitrogen and oxygen atoms in total. The highest BCUT2D eigenvalue weighted by Gasteiger charge is 2.18. The van der Waals surface area contributed by atoms with E-state index in [-0.39, 0.29) is 12.1 Å². The van der Waals surface area contributed by atoms with Crippen molar-refractivity contribution in [2.45, 2.75) is 65.0 Å². The molecule has 2 N–H and O–H groups in total. The van der Waals surface area contributed by atoms with Gasteiger partial charge < -0.3 is 15.4 Å². The second-order valence-corrected chi connectivity index (χ2v) is 5.89. The quantitative estimate of drug-likeness (QED) is 0.460. The van der Waals surface area contributed by atoms with E-state index in [1.165, 1.54) is 25.7 Å². The van der Waals surface area contributed by atoms with Gasteiger partial charge in [-0.05, 0) is 45.4 Å². The molecule has 0 spiro atoms. The zero-order chi connectivity index (χ0) is 15.0. The molecule has 0 atom stereocenters. The molecule has 1 aliphatic carbocycles. The van der Waals surface area contributed by atoms with Crippen LogP contribution in [0.3, 0.4) is 0 Å². The van der Waals surface area contributed by atoms with Crippen molar-refractivity contribution >= 4 is 11.9 Å². The summed E-state index contributed by atoms with van der Waals surface area (Å²) in [5.41, 5.74) is 0. The number of ether oxygens (including phenoxy) is 1. The predicted octanol–water partition coefficient (Wildman–Crippen LogP) is 2.07. The Morgan fingerprint density at radius 1 is 1.30 bits per heavy atom. The molecular weight excluding hydrogens is 254 g/mol. The lowest BCUT2D eigenvalue weighted by molar-refractivity contribution is -0.147. The Labute approximate surface area is 122 Å². The summed E-state index contributed by atoms with van der Waals surface area (Å²) < 4.78 is 5.09. The molecule has 0 amide bonds. The number of esters is 1. The number of carbonyl (C=O) groups is 1. The van der Waals surface area contributed by atoms with Crippen molar-refractivity contribution in [1.82, 2.24) is 10.6 Å². The Bertz CT molecular complexity index is 321. The van der Waals surface area contributed by atoms with Crippen molar-refractivity contribution in [2.75, 3.05) is 13.6 Å². The number of aliphatic imine (C=N–C) groups is 1. The van der Waals surface area contributed by atoms with E-state index in [4.69, 9.17) is 4.74 Å².